The molecule has 3 aliphatic rings. The lowest BCUT2D eigenvalue weighted by Gasteiger charge is -2.49. The third-order valence-corrected chi connectivity index (χ3v) is 8.83. The molecule has 0 saturated carbocycles. The van der Waals surface area contributed by atoms with Gasteiger partial charge in [0, 0.05) is 24.0 Å². The topological polar surface area (TPSA) is 185 Å². The molecule has 1 aromatic heterocycles. The van der Waals surface area contributed by atoms with Gasteiger partial charge < -0.3 is 30.6 Å². The summed E-state index contributed by atoms with van der Waals surface area (Å²) in [5.74, 6) is -3.59. The average molecular weight is 580 g/mol. The Balaban J connectivity index is 1.51. The van der Waals surface area contributed by atoms with Gasteiger partial charge in [0.25, 0.3) is 11.8 Å². The van der Waals surface area contributed by atoms with Gasteiger partial charge in [-0.2, -0.15) is 0 Å². The van der Waals surface area contributed by atoms with E-state index >= 15 is 0 Å². The molecule has 0 spiro atoms. The number of thiazole rings is 1. The number of nitrogens with two attached hydrogens (primary N) is 1. The monoisotopic (exact) mass is 579 g/mol. The lowest BCUT2D eigenvalue weighted by atomic mass is 10.0. The predicted octanol–water partition coefficient (Wildman–Crippen LogP) is 0.844. The smallest absolute Gasteiger partial charge is 0.352 e. The van der Waals surface area contributed by atoms with Gasteiger partial charge in [-0.1, -0.05) is 11.2 Å². The van der Waals surface area contributed by atoms with Crippen molar-refractivity contribution in [1.29, 1.82) is 0 Å². The van der Waals surface area contributed by atoms with Gasteiger partial charge in [-0.3, -0.25) is 14.5 Å². The Labute approximate surface area is 232 Å². The molecular weight excluding hydrogens is 548 g/mol. The quantitative estimate of drug-likeness (QED) is 0.134. The Kier molecular flexibility index (Phi) is 8.04. The minimum Gasteiger partial charge on any atom is -0.478 e. The second kappa shape index (κ2) is 11.0. The number of carbonyl (C=O) groups excluding carboxylic acids is 2. The molecule has 3 aliphatic heterocycles. The molecule has 2 fully saturated rings. The van der Waals surface area contributed by atoms with Gasteiger partial charge in [0.15, 0.2) is 10.8 Å². The zero-order valence-electron chi connectivity index (χ0n) is 21.7. The highest BCUT2D eigenvalue weighted by molar-refractivity contribution is 8.00. The molecule has 0 bridgehead atoms. The molecule has 2 atom stereocenters. The Morgan fingerprint density at radius 3 is 2.62 bits per heavy atom. The van der Waals surface area contributed by atoms with E-state index < -0.39 is 40.8 Å². The van der Waals surface area contributed by atoms with E-state index in [1.165, 1.54) is 48.7 Å². The van der Waals surface area contributed by atoms with Crippen LogP contribution in [0.4, 0.5) is 5.13 Å². The number of aliphatic carboxylic acids is 2. The van der Waals surface area contributed by atoms with Gasteiger partial charge in [-0.25, -0.2) is 14.6 Å². The van der Waals surface area contributed by atoms with E-state index in [4.69, 9.17) is 10.6 Å². The summed E-state index contributed by atoms with van der Waals surface area (Å²) in [6.07, 6.45) is 6.10. The average Bonchev–Trinajstić information content (AvgIpc) is 3.50. The highest BCUT2D eigenvalue weighted by atomic mass is 32.2. The number of aromatic nitrogens is 1. The zero-order chi connectivity index (χ0) is 28.5. The maximum Gasteiger partial charge on any atom is 0.352 e. The number of quaternary nitrogens is 1. The van der Waals surface area contributed by atoms with Crippen LogP contribution >= 0.6 is 23.1 Å². The molecule has 15 heteroatoms. The second-order valence-corrected chi connectivity index (χ2v) is 12.3. The van der Waals surface area contributed by atoms with Crippen molar-refractivity contribution in [3.05, 3.63) is 34.5 Å². The van der Waals surface area contributed by atoms with Crippen LogP contribution in [0.2, 0.25) is 0 Å². The highest BCUT2D eigenvalue weighted by Crippen LogP contribution is 2.40. The molecule has 13 nitrogen and oxygen atoms in total. The number of anilines is 1. The van der Waals surface area contributed by atoms with Crippen molar-refractivity contribution in [2.24, 2.45) is 5.16 Å². The normalized spacial score (nSPS) is 23.0. The summed E-state index contributed by atoms with van der Waals surface area (Å²) in [5, 5.41) is 26.5. The van der Waals surface area contributed by atoms with Gasteiger partial charge in [-0.05, 0) is 25.5 Å². The molecule has 0 aliphatic carbocycles. The number of oxime groups is 1. The van der Waals surface area contributed by atoms with Crippen LogP contribution in [0.3, 0.4) is 0 Å². The summed E-state index contributed by atoms with van der Waals surface area (Å²) >= 11 is 2.38. The molecule has 4 rings (SSSR count). The van der Waals surface area contributed by atoms with Crippen LogP contribution in [0.1, 0.15) is 32.4 Å². The van der Waals surface area contributed by atoms with E-state index in [9.17, 15) is 29.4 Å². The third kappa shape index (κ3) is 5.94. The number of nitrogen functional groups attached to an aromatic ring is 1. The number of nitrogens with one attached hydrogen (secondary N) is 1. The first-order valence-electron chi connectivity index (χ1n) is 12.3. The number of allylic oxidation sites excluding steroid dienone is 1. The minimum absolute atomic E-state index is 0.0454. The molecule has 1 aromatic rings. The summed E-state index contributed by atoms with van der Waals surface area (Å²) in [7, 11) is 2.17. The lowest BCUT2D eigenvalue weighted by molar-refractivity contribution is -0.891. The van der Waals surface area contributed by atoms with E-state index in [0.717, 1.165) is 35.5 Å². The number of carbonyl (C=O) groups is 4. The number of thioether (sulfide) groups is 1. The van der Waals surface area contributed by atoms with Crippen LogP contribution in [0.5, 0.6) is 0 Å². The van der Waals surface area contributed by atoms with Gasteiger partial charge in [0.2, 0.25) is 5.60 Å². The Bertz CT molecular complexity index is 1280. The van der Waals surface area contributed by atoms with Crippen molar-refractivity contribution in [2.45, 2.75) is 43.7 Å². The first-order chi connectivity index (χ1) is 18.3. The molecule has 39 heavy (non-hydrogen) atoms. The van der Waals surface area contributed by atoms with Crippen LogP contribution in [0.25, 0.3) is 0 Å². The molecule has 2 saturated heterocycles. The fourth-order valence-electron chi connectivity index (χ4n) is 4.51. The molecule has 0 radical (unpaired) electrons. The van der Waals surface area contributed by atoms with Gasteiger partial charge in [0.05, 0.1) is 26.7 Å². The van der Waals surface area contributed by atoms with Gasteiger partial charge in [0.1, 0.15) is 22.8 Å². The van der Waals surface area contributed by atoms with E-state index in [2.05, 4.69) is 22.5 Å². The maximum absolute atomic E-state index is 13.2. The molecule has 1 unspecified atom stereocenters. The van der Waals surface area contributed by atoms with Crippen LogP contribution in [-0.4, -0.2) is 103 Å². The first-order valence-corrected chi connectivity index (χ1v) is 14.2. The molecule has 5 N–H and O–H groups in total. The van der Waals surface area contributed by atoms with Crippen molar-refractivity contribution in [3.8, 4) is 0 Å². The lowest BCUT2D eigenvalue weighted by Crippen LogP contribution is -2.71. The SMILES string of the molecule is CC(C)(ON=C(C(=O)NC1C(=O)N2C(C(=O)O)=C(C=CC[N+]3(C)CCCC3)CS[C@@H]12)c1csc(N)n1)C(=O)O. The number of likely N-dealkylation sites (tertiary alicyclic amines) is 1. The molecular formula is C24H31N6O7S2+. The number of hydrogen-bond donors (Lipinski definition) is 4. The van der Waals surface area contributed by atoms with Crippen molar-refractivity contribution in [3.63, 3.8) is 0 Å². The number of carboxylic acid groups (broad SMARTS) is 2. The first kappa shape index (κ1) is 28.6. The largest absolute Gasteiger partial charge is 0.478 e. The summed E-state index contributed by atoms with van der Waals surface area (Å²) in [6, 6.07) is -1.02. The summed E-state index contributed by atoms with van der Waals surface area (Å²) in [4.78, 5) is 60.1. The van der Waals surface area contributed by atoms with Gasteiger partial charge >= 0.3 is 11.9 Å². The minimum atomic E-state index is -1.74. The van der Waals surface area contributed by atoms with Crippen LogP contribution in [0, 0.1) is 0 Å². The molecule has 0 aromatic carbocycles. The number of nitrogens with zero attached hydrogens (tertiary/aromatic N) is 4. The van der Waals surface area contributed by atoms with E-state index in [0.29, 0.717) is 11.3 Å². The third-order valence-electron chi connectivity index (χ3n) is 6.86. The Hall–Kier alpha value is -3.43. The number of fused-ring (bicyclic) bond motifs is 1. The van der Waals surface area contributed by atoms with Gasteiger partial charge in [-0.15, -0.1) is 23.1 Å². The Morgan fingerprint density at radius 1 is 1.33 bits per heavy atom. The molecule has 4 heterocycles. The number of rotatable bonds is 10. The summed E-state index contributed by atoms with van der Waals surface area (Å²) in [5.41, 5.74) is 4.07. The van der Waals surface area contributed by atoms with Crippen molar-refractivity contribution < 1.29 is 38.7 Å². The van der Waals surface area contributed by atoms with Crippen molar-refractivity contribution in [2.75, 3.05) is 38.2 Å². The van der Waals surface area contributed by atoms with Crippen LogP contribution in [0.15, 0.2) is 34.0 Å². The van der Waals surface area contributed by atoms with Crippen molar-refractivity contribution in [1.82, 2.24) is 15.2 Å². The number of likely N-dealkylation sites (N-methyl/N-ethyl adjacent to an activating group) is 1. The number of amides is 2. The second-order valence-electron chi connectivity index (χ2n) is 10.3. The number of carboxylic acids is 2. The molecule has 2 amide bonds. The maximum atomic E-state index is 13.2. The van der Waals surface area contributed by atoms with Crippen molar-refractivity contribution >= 4 is 57.7 Å². The number of β-lactam (4-membered cyclic amide) rings is 1. The number of hydrogen-bond acceptors (Lipinski definition) is 10. The van der Waals surface area contributed by atoms with Crippen LogP contribution in [-0.2, 0) is 24.0 Å². The van der Waals surface area contributed by atoms with E-state index in [1.54, 1.807) is 6.08 Å². The zero-order valence-corrected chi connectivity index (χ0v) is 23.4. The highest BCUT2D eigenvalue weighted by Gasteiger charge is 2.54. The standard InChI is InChI=1S/C24H30N6O7S2/c1-24(2,22(35)36)37-28-15(14-12-39-23(25)26-14)18(31)27-16-19(32)29-17(21(33)34)13(11-38-20(16)29)7-6-10-30(3)8-4-5-9-30/h6-7,12,16,20H,4-5,8-11H2,1-3H3,(H4-,25,26,27,31,33,34,35,36)/p+1/t16?,20-/m0/s1. The van der Waals surface area contributed by atoms with E-state index in [-0.39, 0.29) is 22.2 Å². The fourth-order valence-corrected chi connectivity index (χ4v) is 6.38. The molecule has 210 valence electrons. The van der Waals surface area contributed by atoms with E-state index in [1.807, 2.05) is 6.08 Å². The summed E-state index contributed by atoms with van der Waals surface area (Å²) < 4.78 is 0.903. The Morgan fingerprint density at radius 2 is 2.03 bits per heavy atom. The summed E-state index contributed by atoms with van der Waals surface area (Å²) in [6.45, 7) is 5.45. The van der Waals surface area contributed by atoms with Crippen LogP contribution < -0.4 is 11.1 Å². The fraction of sp³-hybridized carbons (Fsp3) is 0.500. The predicted molar refractivity (Wildman–Crippen MR) is 145 cm³/mol.